The van der Waals surface area contributed by atoms with Crippen LogP contribution in [0, 0.1) is 9.93 Å². The monoisotopic (exact) mass is 276 g/mol. The summed E-state index contributed by atoms with van der Waals surface area (Å²) in [6, 6.07) is 0. The molecule has 0 unspecified atom stereocenters. The number of hydrogen-bond donors (Lipinski definition) is 2. The Bertz CT molecular complexity index is 40.2. The van der Waals surface area contributed by atoms with Gasteiger partial charge in [0.2, 0.25) is 0 Å². The van der Waals surface area contributed by atoms with Gasteiger partial charge in [0, 0.05) is 9.93 Å². The van der Waals surface area contributed by atoms with Crippen LogP contribution in [0.25, 0.3) is 0 Å². The third kappa shape index (κ3) is 6350. The van der Waals surface area contributed by atoms with Crippen molar-refractivity contribution in [2.75, 3.05) is 0 Å². The van der Waals surface area contributed by atoms with Gasteiger partial charge in [-0.1, -0.05) is 7.43 Å². The third-order valence-corrected chi connectivity index (χ3v) is 0. The van der Waals surface area contributed by atoms with Crippen LogP contribution < -0.4 is 0 Å². The molecule has 13 heteroatoms. The molecule has 0 amide bonds. The summed E-state index contributed by atoms with van der Waals surface area (Å²) in [5.41, 5.74) is 0. The Morgan fingerprint density at radius 3 is 0.571 bits per heavy atom. The van der Waals surface area contributed by atoms with Crippen LogP contribution in [-0.2, 0) is 0 Å². The van der Waals surface area contributed by atoms with Gasteiger partial charge in [0.15, 0.2) is 0 Å². The van der Waals surface area contributed by atoms with E-state index < -0.39 is 0 Å². The summed E-state index contributed by atoms with van der Waals surface area (Å²) in [7, 11) is 0. The second kappa shape index (κ2) is 8270. The molecule has 0 aliphatic rings. The van der Waals surface area contributed by atoms with Crippen molar-refractivity contribution in [3.8, 4) is 0 Å². The van der Waals surface area contributed by atoms with Crippen LogP contribution in [0.15, 0.2) is 0 Å². The molecule has 0 saturated carbocycles. The minimum absolute atomic E-state index is 0. The molecule has 106 valence electrons. The maximum atomic E-state index is 7.00. The van der Waals surface area contributed by atoms with E-state index in [2.05, 4.69) is 0 Å². The van der Waals surface area contributed by atoms with Crippen LogP contribution in [-0.4, -0.2) is 54.3 Å². The first kappa shape index (κ1) is 888. The van der Waals surface area contributed by atoms with Crippen molar-refractivity contribution in [2.24, 2.45) is 0 Å². The van der Waals surface area contributed by atoms with Crippen molar-refractivity contribution >= 4 is 13.5 Å². The fourth-order valence-corrected chi connectivity index (χ4v) is 0. The van der Waals surface area contributed by atoms with E-state index in [9.17, 15) is 0 Å². The van der Waals surface area contributed by atoms with Crippen molar-refractivity contribution in [3.63, 3.8) is 0 Å². The Morgan fingerprint density at radius 2 is 0.571 bits per heavy atom. The van der Waals surface area contributed by atoms with Gasteiger partial charge in [0.1, 0.15) is 0 Å². The summed E-state index contributed by atoms with van der Waals surface area (Å²) in [5, 5.41) is 12.0. The maximum absolute atomic E-state index is 7.00. The summed E-state index contributed by atoms with van der Waals surface area (Å²) >= 11 is 0. The molecule has 0 aliphatic heterocycles. The third-order valence-electron chi connectivity index (χ3n) is 0. The van der Waals surface area contributed by atoms with Crippen LogP contribution >= 0.6 is 13.5 Å². The van der Waals surface area contributed by atoms with E-state index in [0.29, 0.717) is 0 Å². The lowest BCUT2D eigenvalue weighted by atomic mass is 12.0. The van der Waals surface area contributed by atoms with Gasteiger partial charge in [-0.2, -0.15) is 13.5 Å². The Hall–Kier alpha value is -0.450. The molecule has 0 radical (unpaired) electrons. The van der Waals surface area contributed by atoms with Crippen molar-refractivity contribution in [1.82, 2.24) is 0 Å². The molecule has 0 bridgehead atoms. The van der Waals surface area contributed by atoms with Crippen molar-refractivity contribution in [3.05, 3.63) is 9.93 Å². The van der Waals surface area contributed by atoms with Gasteiger partial charge in [0.25, 0.3) is 0 Å². The average molecular weight is 276 g/mol. The minimum Gasteiger partial charge on any atom is -0.412 e. The first-order valence-electron chi connectivity index (χ1n) is 0.367. The molecule has 0 aliphatic carbocycles. The van der Waals surface area contributed by atoms with Gasteiger partial charge in [0.05, 0.1) is 0 Å². The van der Waals surface area contributed by atoms with E-state index in [4.69, 9.17) is 20.4 Å². The Kier molecular flexibility index (Phi) is 525000. The molecule has 0 fully saturated rings. The van der Waals surface area contributed by atoms with Gasteiger partial charge >= 0.3 is 22.8 Å². The number of hydrogen-bond acceptors (Lipinski definition) is 4. The Labute approximate surface area is 110 Å². The second-order valence-corrected chi connectivity index (χ2v) is 0. The normalized spacial score (nSPS) is 0.714. The molecular weight excluding hydrogens is 236 g/mol. The van der Waals surface area contributed by atoms with Crippen molar-refractivity contribution in [2.45, 2.75) is 7.43 Å². The summed E-state index contributed by atoms with van der Waals surface area (Å²) in [5.74, 6) is 0. The first-order chi connectivity index (χ1) is 2.00. The van der Waals surface area contributed by atoms with Crippen molar-refractivity contribution < 1.29 is 77.2 Å². The quantitative estimate of drug-likeness (QED) is 0.329. The van der Waals surface area contributed by atoms with Crippen LogP contribution in [0.5, 0.6) is 0 Å². The lowest BCUT2D eigenvalue weighted by molar-refractivity contribution is -0.176. The van der Waals surface area contributed by atoms with E-state index in [-0.39, 0.29) is 87.6 Å². The van der Waals surface area contributed by atoms with E-state index in [1.165, 1.54) is 0 Å². The lowest BCUT2D eigenvalue weighted by Crippen LogP contribution is -1.29. The zero-order valence-corrected chi connectivity index (χ0v) is 7.21. The van der Waals surface area contributed by atoms with Crippen LogP contribution in [0.2, 0.25) is 0 Å². The van der Waals surface area contributed by atoms with E-state index >= 15 is 0 Å². The largest absolute Gasteiger partial charge is 1.00 e. The minimum atomic E-state index is 0. The predicted octanol–water partition coefficient (Wildman–Crippen LogP) is -3.96. The zero-order valence-electron chi connectivity index (χ0n) is 22.2. The van der Waals surface area contributed by atoms with Gasteiger partial charge in [-0.05, 0) is 0 Å². The first-order valence-corrected chi connectivity index (χ1v) is 0.367. The molecule has 12 nitrogen and oxygen atoms in total. The smallest absolute Gasteiger partial charge is 0.412 e. The predicted molar refractivity (Wildman–Crippen MR) is 75.8 cm³/mol. The molecule has 0 heterocycles. The average Bonchev–Trinajstić information content (AvgIpc) is 1.50. The molecule has 0 spiro atoms. The highest BCUT2D eigenvalue weighted by molar-refractivity contribution is 7.59. The summed E-state index contributed by atoms with van der Waals surface area (Å²) in [4.78, 5) is 14.0. The fraction of sp³-hybridized carbons (Fsp3) is 1.00. The van der Waals surface area contributed by atoms with Gasteiger partial charge in [-0.15, -0.1) is 0 Å². The summed E-state index contributed by atoms with van der Waals surface area (Å²) in [6.45, 7) is 0. The summed E-state index contributed by atoms with van der Waals surface area (Å²) < 4.78 is 0. The Morgan fingerprint density at radius 1 is 0.571 bits per heavy atom. The molecule has 0 aromatic rings. The topological polar surface area (TPSA) is 327 Å². The second-order valence-electron chi connectivity index (χ2n) is 0. The molecule has 0 rings (SSSR count). The van der Waals surface area contributed by atoms with Crippen LogP contribution in [0.1, 0.15) is 30.3 Å². The van der Waals surface area contributed by atoms with E-state index in [0.717, 1.165) is 0 Å². The van der Waals surface area contributed by atoms with E-state index in [1.807, 2.05) is 0 Å². The molecule has 0 saturated heterocycles. The van der Waals surface area contributed by atoms with E-state index in [1.54, 1.807) is 0 Å². The van der Waals surface area contributed by atoms with Crippen molar-refractivity contribution in [1.29, 1.82) is 0 Å². The zero-order chi connectivity index (χ0) is 4.00. The summed E-state index contributed by atoms with van der Waals surface area (Å²) in [6.07, 6.45) is 0. The highest BCUT2D eigenvalue weighted by Crippen LogP contribution is 0.741. The molecular formula is CH40O12S+16. The number of rotatable bonds is 0. The molecule has 0 aromatic heterocycles. The molecule has 14 heavy (non-hydrogen) atoms. The molecule has 18 N–H and O–H groups in total. The SMILES string of the molecule is C.O.O.O.O.O.O.O.O.O=O.OO.S.[H+].[H+].[H+].[H+].[H+].[H+].[H+].[H+].[H+].[H+].[H+].[H+].[H+].[H+].[H+].[H+]. The van der Waals surface area contributed by atoms with Gasteiger partial charge in [-0.3, -0.25) is 10.5 Å². The lowest BCUT2D eigenvalue weighted by Gasteiger charge is -1.25. The Balaban J connectivity index is -0.0000000000549. The maximum Gasteiger partial charge on any atom is 1.00 e. The highest BCUT2D eigenvalue weighted by Gasteiger charge is 0.746. The highest BCUT2D eigenvalue weighted by atomic mass is 32.1. The standard InChI is InChI=1S/CH4.H2O2.O2.8H2O.H2S/c;2*1-2;;;;;;;;;/h1H4;1-2H;;9*1H2/p+16. The molecule has 0 atom stereocenters. The van der Waals surface area contributed by atoms with Crippen LogP contribution in [0.4, 0.5) is 0 Å². The fourth-order valence-electron chi connectivity index (χ4n) is 0. The van der Waals surface area contributed by atoms with Gasteiger partial charge < -0.3 is 43.8 Å². The van der Waals surface area contributed by atoms with Crippen LogP contribution in [0.3, 0.4) is 0 Å². The van der Waals surface area contributed by atoms with Gasteiger partial charge in [-0.25, -0.2) is 0 Å². The molecule has 0 aromatic carbocycles.